The lowest BCUT2D eigenvalue weighted by atomic mass is 9.97. The summed E-state index contributed by atoms with van der Waals surface area (Å²) in [4.78, 5) is 41.6. The average Bonchev–Trinajstić information content (AvgIpc) is 3.31. The predicted molar refractivity (Wildman–Crippen MR) is 165 cm³/mol. The molecule has 4 amide bonds. The van der Waals surface area contributed by atoms with Crippen LogP contribution in [-0.4, -0.2) is 63.3 Å². The molecule has 44 heavy (non-hydrogen) atoms. The maximum absolute atomic E-state index is 13.8. The van der Waals surface area contributed by atoms with Crippen LogP contribution in [0.15, 0.2) is 78.9 Å². The molecule has 3 atom stereocenters. The Morgan fingerprint density at radius 2 is 1.68 bits per heavy atom. The first kappa shape index (κ1) is 32.7. The van der Waals surface area contributed by atoms with Gasteiger partial charge in [0.05, 0.1) is 11.9 Å². The summed E-state index contributed by atoms with van der Waals surface area (Å²) in [6, 6.07) is 19.4. The molecule has 4 rings (SSSR count). The molecule has 3 aromatic rings. The first-order valence-electron chi connectivity index (χ1n) is 14.1. The van der Waals surface area contributed by atoms with Crippen LogP contribution < -0.4 is 20.7 Å². The Kier molecular flexibility index (Phi) is 10.8. The fraction of sp³-hybridized carbons (Fsp3) is 0.344. The number of aryl methyl sites for hydroxylation is 1. The minimum absolute atomic E-state index is 0.0715. The second kappa shape index (κ2) is 14.5. The summed E-state index contributed by atoms with van der Waals surface area (Å²) < 4.78 is 28.6. The topological polar surface area (TPSA) is 120 Å². The van der Waals surface area contributed by atoms with Gasteiger partial charge in [0, 0.05) is 17.0 Å². The number of aliphatic hydroxyl groups excluding tert-OH is 1. The molecule has 9 nitrogen and oxygen atoms in total. The van der Waals surface area contributed by atoms with Gasteiger partial charge < -0.3 is 30.7 Å². The van der Waals surface area contributed by atoms with Gasteiger partial charge in [-0.25, -0.2) is 4.79 Å². The van der Waals surface area contributed by atoms with Gasteiger partial charge in [0.1, 0.15) is 11.8 Å². The predicted octanol–water partition coefficient (Wildman–Crippen LogP) is 4.69. The molecule has 12 heteroatoms. The maximum atomic E-state index is 13.8. The number of carbonyl (C=O) groups excluding carboxylic acids is 3. The van der Waals surface area contributed by atoms with E-state index in [2.05, 4.69) is 20.7 Å². The van der Waals surface area contributed by atoms with Crippen molar-refractivity contribution in [1.82, 2.24) is 15.5 Å². The van der Waals surface area contributed by atoms with Crippen molar-refractivity contribution in [3.63, 3.8) is 0 Å². The van der Waals surface area contributed by atoms with Crippen molar-refractivity contribution in [2.75, 3.05) is 11.2 Å². The molecule has 1 heterocycles. The summed E-state index contributed by atoms with van der Waals surface area (Å²) in [6.07, 6.45) is -1.56. The van der Waals surface area contributed by atoms with Gasteiger partial charge in [-0.1, -0.05) is 54.6 Å². The number of amides is 4. The first-order chi connectivity index (χ1) is 20.9. The van der Waals surface area contributed by atoms with Gasteiger partial charge in [0.15, 0.2) is 6.10 Å². The number of hydrogen-bond donors (Lipinski definition) is 4. The minimum atomic E-state index is -2.98. The van der Waals surface area contributed by atoms with Crippen molar-refractivity contribution in [3.05, 3.63) is 95.6 Å². The first-order valence-corrected chi connectivity index (χ1v) is 15.0. The van der Waals surface area contributed by atoms with E-state index in [0.717, 1.165) is 16.7 Å². The summed E-state index contributed by atoms with van der Waals surface area (Å²) >= 11 is 1.43. The number of rotatable bonds is 11. The van der Waals surface area contributed by atoms with E-state index in [9.17, 15) is 28.3 Å². The lowest BCUT2D eigenvalue weighted by molar-refractivity contribution is -0.147. The molecule has 0 spiro atoms. The highest BCUT2D eigenvalue weighted by Gasteiger charge is 2.49. The lowest BCUT2D eigenvalue weighted by Crippen LogP contribution is -2.59. The van der Waals surface area contributed by atoms with Crippen LogP contribution in [0.2, 0.25) is 0 Å². The Bertz CT molecular complexity index is 1440. The zero-order valence-electron chi connectivity index (χ0n) is 24.6. The van der Waals surface area contributed by atoms with Crippen molar-refractivity contribution < 1.29 is 33.0 Å². The second-order valence-corrected chi connectivity index (χ2v) is 12.6. The summed E-state index contributed by atoms with van der Waals surface area (Å²) in [7, 11) is 0. The number of halogens is 2. The number of thioether (sulfide) groups is 1. The highest BCUT2D eigenvalue weighted by molar-refractivity contribution is 8.00. The zero-order valence-corrected chi connectivity index (χ0v) is 25.4. The van der Waals surface area contributed by atoms with Gasteiger partial charge in [-0.3, -0.25) is 9.59 Å². The molecular weight excluding hydrogens is 590 g/mol. The molecule has 0 bridgehead atoms. The van der Waals surface area contributed by atoms with Crippen molar-refractivity contribution in [3.8, 4) is 5.75 Å². The van der Waals surface area contributed by atoms with Gasteiger partial charge in [0.25, 0.3) is 5.91 Å². The monoisotopic (exact) mass is 626 g/mol. The normalized spacial score (nSPS) is 17.1. The third-order valence-corrected chi connectivity index (χ3v) is 8.75. The van der Waals surface area contributed by atoms with Crippen LogP contribution in [0, 0.1) is 6.92 Å². The van der Waals surface area contributed by atoms with E-state index in [4.69, 9.17) is 0 Å². The van der Waals surface area contributed by atoms with E-state index in [1.807, 2.05) is 63.2 Å². The highest BCUT2D eigenvalue weighted by atomic mass is 32.2. The SMILES string of the molecule is Cc1ccccc1CNC(=O)C1N(C(=O)C(O)C(Cc2ccccc2)NC(=O)Nc2ccc(OC(F)F)cc2)CSC1(C)C. The van der Waals surface area contributed by atoms with Crippen LogP contribution in [0.3, 0.4) is 0 Å². The van der Waals surface area contributed by atoms with E-state index in [1.54, 1.807) is 12.1 Å². The summed E-state index contributed by atoms with van der Waals surface area (Å²) in [5, 5.41) is 19.6. The quantitative estimate of drug-likeness (QED) is 0.245. The van der Waals surface area contributed by atoms with Crippen molar-refractivity contribution in [2.45, 2.75) is 63.3 Å². The van der Waals surface area contributed by atoms with Crippen LogP contribution in [-0.2, 0) is 22.6 Å². The van der Waals surface area contributed by atoms with Crippen LogP contribution >= 0.6 is 11.8 Å². The molecule has 1 aliphatic heterocycles. The van der Waals surface area contributed by atoms with Crippen LogP contribution in [0.4, 0.5) is 19.3 Å². The molecule has 4 N–H and O–H groups in total. The standard InChI is InChI=1S/C32H36F2N4O5S/c1-20-9-7-8-12-22(20)18-35-28(40)27-32(2,3)44-19-38(27)29(41)26(39)25(17-21-10-5-4-6-11-21)37-31(42)36-23-13-15-24(16-14-23)43-30(33)34/h4-16,25-27,30,39H,17-19H2,1-3H3,(H,35,40)(H2,36,37,42). The Morgan fingerprint density at radius 3 is 2.34 bits per heavy atom. The van der Waals surface area contributed by atoms with Gasteiger partial charge in [0.2, 0.25) is 5.91 Å². The Labute approximate surface area is 259 Å². The number of aliphatic hydroxyl groups is 1. The zero-order chi connectivity index (χ0) is 31.9. The van der Waals surface area contributed by atoms with E-state index in [1.165, 1.54) is 40.9 Å². The number of anilines is 1. The largest absolute Gasteiger partial charge is 0.435 e. The van der Waals surface area contributed by atoms with Gasteiger partial charge in [-0.15, -0.1) is 11.8 Å². The van der Waals surface area contributed by atoms with Gasteiger partial charge >= 0.3 is 12.6 Å². The van der Waals surface area contributed by atoms with E-state index >= 15 is 0 Å². The number of benzene rings is 3. The third-order valence-electron chi connectivity index (χ3n) is 7.38. The molecule has 3 aromatic carbocycles. The number of carbonyl (C=O) groups is 3. The molecule has 3 unspecified atom stereocenters. The fourth-order valence-electron chi connectivity index (χ4n) is 5.01. The summed E-state index contributed by atoms with van der Waals surface area (Å²) in [6.45, 7) is 3.02. The Hall–Kier alpha value is -4.16. The van der Waals surface area contributed by atoms with Crippen LogP contribution in [0.5, 0.6) is 5.75 Å². The maximum Gasteiger partial charge on any atom is 0.387 e. The summed E-state index contributed by atoms with van der Waals surface area (Å²) in [5.41, 5.74) is 3.03. The smallest absolute Gasteiger partial charge is 0.387 e. The Morgan fingerprint density at radius 1 is 1.02 bits per heavy atom. The molecule has 1 fully saturated rings. The van der Waals surface area contributed by atoms with Crippen molar-refractivity contribution in [1.29, 1.82) is 0 Å². The molecule has 1 aliphatic rings. The fourth-order valence-corrected chi connectivity index (χ4v) is 6.15. The average molecular weight is 627 g/mol. The number of alkyl halides is 2. The molecule has 0 saturated carbocycles. The van der Waals surface area contributed by atoms with Gasteiger partial charge in [-0.05, 0) is 68.1 Å². The Balaban J connectivity index is 1.49. The number of urea groups is 1. The minimum Gasteiger partial charge on any atom is -0.435 e. The number of ether oxygens (including phenoxy) is 1. The second-order valence-electron chi connectivity index (χ2n) is 11.0. The molecule has 234 valence electrons. The highest BCUT2D eigenvalue weighted by Crippen LogP contribution is 2.40. The summed E-state index contributed by atoms with van der Waals surface area (Å²) in [5.74, 6) is -0.914. The molecule has 0 aliphatic carbocycles. The van der Waals surface area contributed by atoms with Crippen molar-refractivity contribution >= 4 is 35.3 Å². The number of hydrogen-bond acceptors (Lipinski definition) is 6. The third kappa shape index (κ3) is 8.48. The molecular formula is C32H36F2N4O5S. The van der Waals surface area contributed by atoms with E-state index in [0.29, 0.717) is 6.54 Å². The van der Waals surface area contributed by atoms with Gasteiger partial charge in [-0.2, -0.15) is 8.78 Å². The van der Waals surface area contributed by atoms with Crippen LogP contribution in [0.1, 0.15) is 30.5 Å². The van der Waals surface area contributed by atoms with E-state index in [-0.39, 0.29) is 29.6 Å². The lowest BCUT2D eigenvalue weighted by Gasteiger charge is -2.33. The molecule has 1 saturated heterocycles. The number of nitrogens with zero attached hydrogens (tertiary/aromatic N) is 1. The molecule has 0 aromatic heterocycles. The van der Waals surface area contributed by atoms with Crippen molar-refractivity contribution in [2.24, 2.45) is 0 Å². The number of nitrogens with one attached hydrogen (secondary N) is 3. The van der Waals surface area contributed by atoms with E-state index < -0.39 is 41.5 Å². The molecule has 0 radical (unpaired) electrons. The van der Waals surface area contributed by atoms with Crippen LogP contribution in [0.25, 0.3) is 0 Å².